The fourth-order valence-electron chi connectivity index (χ4n) is 0.982. The topological polar surface area (TPSA) is 20.3 Å². The van der Waals surface area contributed by atoms with Gasteiger partial charge in [-0.2, -0.15) is 0 Å². The van der Waals surface area contributed by atoms with E-state index in [0.717, 1.165) is 0 Å². The van der Waals surface area contributed by atoms with Crippen LogP contribution in [0.2, 0.25) is 0 Å². The van der Waals surface area contributed by atoms with Crippen molar-refractivity contribution in [2.24, 2.45) is 0 Å². The summed E-state index contributed by atoms with van der Waals surface area (Å²) in [6.07, 6.45) is 0.572. The Morgan fingerprint density at radius 1 is 1.64 bits per heavy atom. The van der Waals surface area contributed by atoms with Gasteiger partial charge in [0.15, 0.2) is 0 Å². The zero-order valence-electron chi connectivity index (χ0n) is 6.03. The Bertz CT molecular complexity index is 294. The van der Waals surface area contributed by atoms with Crippen molar-refractivity contribution in [1.29, 1.82) is 0 Å². The minimum atomic E-state index is 0.195. The van der Waals surface area contributed by atoms with Gasteiger partial charge < -0.3 is 0 Å². The average Bonchev–Trinajstić information content (AvgIpc) is 2.36. The molecule has 0 N–H and O–H groups in total. The molecule has 1 amide bonds. The number of amides is 1. The van der Waals surface area contributed by atoms with Crippen LogP contribution in [0.3, 0.4) is 0 Å². The van der Waals surface area contributed by atoms with Crippen LogP contribution in [0.15, 0.2) is 15.7 Å². The summed E-state index contributed by atoms with van der Waals surface area (Å²) in [6, 6.07) is 2.03. The van der Waals surface area contributed by atoms with E-state index in [9.17, 15) is 4.79 Å². The van der Waals surface area contributed by atoms with Crippen molar-refractivity contribution in [3.8, 4) is 0 Å². The maximum absolute atomic E-state index is 11.2. The number of hydrogen-bond donors (Lipinski definition) is 0. The monoisotopic (exact) mass is 185 g/mol. The van der Waals surface area contributed by atoms with E-state index in [1.165, 1.54) is 21.7 Å². The SMILES string of the molecule is CN1Sc2sccc2CC1=O. The number of nitrogens with zero attached hydrogens (tertiary/aromatic N) is 1. The van der Waals surface area contributed by atoms with Crippen molar-refractivity contribution >= 4 is 29.2 Å². The number of carbonyl (C=O) groups excluding carboxylic acids is 1. The lowest BCUT2D eigenvalue weighted by atomic mass is 10.2. The Morgan fingerprint density at radius 3 is 3.27 bits per heavy atom. The van der Waals surface area contributed by atoms with Crippen LogP contribution in [-0.2, 0) is 11.2 Å². The van der Waals surface area contributed by atoms with Crippen LogP contribution < -0.4 is 0 Å². The Kier molecular flexibility index (Phi) is 1.65. The molecule has 1 aliphatic heterocycles. The first-order chi connectivity index (χ1) is 5.27. The predicted octanol–water partition coefficient (Wildman–Crippen LogP) is 1.77. The van der Waals surface area contributed by atoms with Crippen molar-refractivity contribution in [2.75, 3.05) is 7.05 Å². The van der Waals surface area contributed by atoms with Gasteiger partial charge in [0.2, 0.25) is 5.91 Å². The minimum absolute atomic E-state index is 0.195. The highest BCUT2D eigenvalue weighted by Crippen LogP contribution is 2.35. The third-order valence-electron chi connectivity index (χ3n) is 1.62. The summed E-state index contributed by atoms with van der Waals surface area (Å²) in [7, 11) is 1.82. The zero-order valence-corrected chi connectivity index (χ0v) is 7.67. The summed E-state index contributed by atoms with van der Waals surface area (Å²) in [6.45, 7) is 0. The molecule has 0 unspecified atom stereocenters. The second kappa shape index (κ2) is 2.53. The second-order valence-electron chi connectivity index (χ2n) is 2.39. The number of rotatable bonds is 0. The first-order valence-electron chi connectivity index (χ1n) is 3.28. The predicted molar refractivity (Wildman–Crippen MR) is 46.7 cm³/mol. The summed E-state index contributed by atoms with van der Waals surface area (Å²) < 4.78 is 2.95. The molecule has 58 valence electrons. The van der Waals surface area contributed by atoms with Crippen LogP contribution in [0.5, 0.6) is 0 Å². The van der Waals surface area contributed by atoms with Crippen molar-refractivity contribution in [2.45, 2.75) is 10.6 Å². The molecule has 0 fully saturated rings. The summed E-state index contributed by atoms with van der Waals surface area (Å²) in [5.74, 6) is 0.195. The van der Waals surface area contributed by atoms with E-state index < -0.39 is 0 Å². The molecule has 0 aliphatic carbocycles. The van der Waals surface area contributed by atoms with E-state index in [0.29, 0.717) is 6.42 Å². The summed E-state index contributed by atoms with van der Waals surface area (Å²) in [4.78, 5) is 11.2. The molecule has 1 aromatic rings. The van der Waals surface area contributed by atoms with Gasteiger partial charge in [-0.25, -0.2) is 0 Å². The molecule has 2 nitrogen and oxygen atoms in total. The molecular weight excluding hydrogens is 178 g/mol. The van der Waals surface area contributed by atoms with Crippen LogP contribution in [0.1, 0.15) is 5.56 Å². The fraction of sp³-hybridized carbons (Fsp3) is 0.286. The molecular formula is C7H7NOS2. The number of carbonyl (C=O) groups is 1. The molecule has 1 aliphatic rings. The van der Waals surface area contributed by atoms with Gasteiger partial charge in [0.25, 0.3) is 0 Å². The lowest BCUT2D eigenvalue weighted by molar-refractivity contribution is -0.124. The highest BCUT2D eigenvalue weighted by Gasteiger charge is 2.21. The highest BCUT2D eigenvalue weighted by molar-refractivity contribution is 7.99. The molecule has 4 heteroatoms. The first kappa shape index (κ1) is 7.18. The van der Waals surface area contributed by atoms with Crippen LogP contribution >= 0.6 is 23.3 Å². The molecule has 0 atom stereocenters. The van der Waals surface area contributed by atoms with E-state index >= 15 is 0 Å². The van der Waals surface area contributed by atoms with Gasteiger partial charge >= 0.3 is 0 Å². The molecule has 0 saturated carbocycles. The standard InChI is InChI=1S/C7H7NOS2/c1-8-6(9)4-5-2-3-10-7(5)11-8/h2-3H,4H2,1H3. The maximum Gasteiger partial charge on any atom is 0.236 e. The van der Waals surface area contributed by atoms with Gasteiger partial charge in [0, 0.05) is 19.0 Å². The van der Waals surface area contributed by atoms with Gasteiger partial charge in [0.1, 0.15) is 0 Å². The first-order valence-corrected chi connectivity index (χ1v) is 4.93. The number of thiophene rings is 1. The number of hydrogen-bond acceptors (Lipinski definition) is 3. The minimum Gasteiger partial charge on any atom is -0.284 e. The molecule has 2 heterocycles. The molecule has 0 spiro atoms. The molecule has 0 bridgehead atoms. The van der Waals surface area contributed by atoms with Crippen LogP contribution in [-0.4, -0.2) is 17.3 Å². The van der Waals surface area contributed by atoms with Crippen LogP contribution in [0.25, 0.3) is 0 Å². The van der Waals surface area contributed by atoms with E-state index in [1.807, 2.05) is 18.5 Å². The summed E-state index contributed by atoms with van der Waals surface area (Å²) >= 11 is 3.23. The number of likely N-dealkylation sites (N-methyl/N-ethyl adjacent to an activating group) is 1. The smallest absolute Gasteiger partial charge is 0.236 e. The van der Waals surface area contributed by atoms with Crippen LogP contribution in [0, 0.1) is 0 Å². The molecule has 0 radical (unpaired) electrons. The van der Waals surface area contributed by atoms with Gasteiger partial charge in [-0.05, 0) is 17.0 Å². The second-order valence-corrected chi connectivity index (χ2v) is 4.71. The Morgan fingerprint density at radius 2 is 2.45 bits per heavy atom. The zero-order chi connectivity index (χ0) is 7.84. The Labute approximate surface area is 73.3 Å². The third kappa shape index (κ3) is 1.16. The molecule has 0 aromatic carbocycles. The van der Waals surface area contributed by atoms with Gasteiger partial charge in [0.05, 0.1) is 10.6 Å². The van der Waals surface area contributed by atoms with Crippen molar-refractivity contribution in [1.82, 2.24) is 4.31 Å². The Balaban J connectivity index is 2.37. The molecule has 2 rings (SSSR count). The van der Waals surface area contributed by atoms with E-state index in [4.69, 9.17) is 0 Å². The molecule has 11 heavy (non-hydrogen) atoms. The summed E-state index contributed by atoms with van der Waals surface area (Å²) in [5.41, 5.74) is 1.18. The van der Waals surface area contributed by atoms with Crippen molar-refractivity contribution in [3.05, 3.63) is 17.0 Å². The average molecular weight is 185 g/mol. The molecule has 1 aromatic heterocycles. The lowest BCUT2D eigenvalue weighted by Gasteiger charge is -2.20. The number of fused-ring (bicyclic) bond motifs is 1. The van der Waals surface area contributed by atoms with Gasteiger partial charge in [-0.15, -0.1) is 11.3 Å². The Hall–Kier alpha value is -0.480. The van der Waals surface area contributed by atoms with E-state index in [-0.39, 0.29) is 5.91 Å². The van der Waals surface area contributed by atoms with Crippen molar-refractivity contribution < 1.29 is 4.79 Å². The fourth-order valence-corrected chi connectivity index (χ4v) is 2.98. The summed E-state index contributed by atoms with van der Waals surface area (Å²) in [5, 5.41) is 2.03. The third-order valence-corrected chi connectivity index (χ3v) is 3.79. The molecule has 0 saturated heterocycles. The largest absolute Gasteiger partial charge is 0.284 e. The van der Waals surface area contributed by atoms with Gasteiger partial charge in [-0.3, -0.25) is 9.10 Å². The lowest BCUT2D eigenvalue weighted by Crippen LogP contribution is -2.24. The van der Waals surface area contributed by atoms with Crippen molar-refractivity contribution in [3.63, 3.8) is 0 Å². The normalized spacial score (nSPS) is 16.8. The van der Waals surface area contributed by atoms with E-state index in [1.54, 1.807) is 15.6 Å². The maximum atomic E-state index is 11.2. The van der Waals surface area contributed by atoms with Gasteiger partial charge in [-0.1, -0.05) is 0 Å². The van der Waals surface area contributed by atoms with Crippen LogP contribution in [0.4, 0.5) is 0 Å². The highest BCUT2D eigenvalue weighted by atomic mass is 32.2. The van der Waals surface area contributed by atoms with E-state index in [2.05, 4.69) is 0 Å². The quantitative estimate of drug-likeness (QED) is 0.574.